The minimum atomic E-state index is -0.313. The van der Waals surface area contributed by atoms with Crippen LogP contribution in [0.25, 0.3) is 0 Å². The third-order valence-corrected chi connectivity index (χ3v) is 1.92. The Morgan fingerprint density at radius 2 is 2.00 bits per heavy atom. The molecule has 4 heteroatoms. The van der Waals surface area contributed by atoms with E-state index in [1.54, 1.807) is 7.05 Å². The lowest BCUT2D eigenvalue weighted by atomic mass is 10.3. The lowest BCUT2D eigenvalue weighted by molar-refractivity contribution is 0.224. The number of carbonyl (C=O) groups is 1. The molecule has 0 radical (unpaired) electrons. The molecule has 0 aliphatic rings. The normalized spacial score (nSPS) is 9.64. The van der Waals surface area contributed by atoms with Gasteiger partial charge in [0.2, 0.25) is 0 Å². The van der Waals surface area contributed by atoms with Crippen molar-refractivity contribution in [2.24, 2.45) is 0 Å². The summed E-state index contributed by atoms with van der Waals surface area (Å²) in [6.07, 6.45) is 0. The van der Waals surface area contributed by atoms with Gasteiger partial charge < -0.3 is 10.2 Å². The largest absolute Gasteiger partial charge is 0.328 e. The van der Waals surface area contributed by atoms with Gasteiger partial charge in [0.25, 0.3) is 0 Å². The SMILES string of the molecule is CCN(C)C(=O)Nc1ccc(F)cc1. The van der Waals surface area contributed by atoms with Crippen LogP contribution in [0, 0.1) is 5.82 Å². The van der Waals surface area contributed by atoms with Gasteiger partial charge in [-0.3, -0.25) is 0 Å². The summed E-state index contributed by atoms with van der Waals surface area (Å²) < 4.78 is 12.5. The van der Waals surface area contributed by atoms with Crippen molar-refractivity contribution < 1.29 is 9.18 Å². The summed E-state index contributed by atoms with van der Waals surface area (Å²) in [5.41, 5.74) is 0.594. The number of halogens is 1. The molecule has 0 saturated carbocycles. The van der Waals surface area contributed by atoms with Crippen molar-refractivity contribution in [3.8, 4) is 0 Å². The van der Waals surface area contributed by atoms with Gasteiger partial charge in [0.05, 0.1) is 0 Å². The molecule has 1 aromatic carbocycles. The maximum Gasteiger partial charge on any atom is 0.321 e. The zero-order valence-electron chi connectivity index (χ0n) is 8.25. The van der Waals surface area contributed by atoms with E-state index in [9.17, 15) is 9.18 Å². The minimum absolute atomic E-state index is 0.195. The molecule has 0 spiro atoms. The van der Waals surface area contributed by atoms with Gasteiger partial charge in [0, 0.05) is 19.3 Å². The molecular formula is C10H13FN2O. The molecule has 0 saturated heterocycles. The first-order valence-corrected chi connectivity index (χ1v) is 4.41. The van der Waals surface area contributed by atoms with Crippen LogP contribution in [0.15, 0.2) is 24.3 Å². The number of benzene rings is 1. The van der Waals surface area contributed by atoms with Crippen LogP contribution in [0.3, 0.4) is 0 Å². The second kappa shape index (κ2) is 4.60. The highest BCUT2D eigenvalue weighted by molar-refractivity contribution is 5.88. The third-order valence-electron chi connectivity index (χ3n) is 1.92. The quantitative estimate of drug-likeness (QED) is 0.773. The monoisotopic (exact) mass is 196 g/mol. The highest BCUT2D eigenvalue weighted by Crippen LogP contribution is 2.08. The smallest absolute Gasteiger partial charge is 0.321 e. The van der Waals surface area contributed by atoms with Gasteiger partial charge in [0.15, 0.2) is 0 Å². The summed E-state index contributed by atoms with van der Waals surface area (Å²) >= 11 is 0. The van der Waals surface area contributed by atoms with E-state index >= 15 is 0 Å². The van der Waals surface area contributed by atoms with E-state index in [4.69, 9.17) is 0 Å². The van der Waals surface area contributed by atoms with Crippen LogP contribution in [0.1, 0.15) is 6.92 Å². The van der Waals surface area contributed by atoms with Gasteiger partial charge >= 0.3 is 6.03 Å². The Kier molecular flexibility index (Phi) is 3.45. The zero-order valence-corrected chi connectivity index (χ0v) is 8.25. The highest BCUT2D eigenvalue weighted by atomic mass is 19.1. The summed E-state index contributed by atoms with van der Waals surface area (Å²) in [6, 6.07) is 5.47. The van der Waals surface area contributed by atoms with Gasteiger partial charge in [-0.05, 0) is 31.2 Å². The first-order valence-electron chi connectivity index (χ1n) is 4.41. The van der Waals surface area contributed by atoms with E-state index in [1.807, 2.05) is 6.92 Å². The number of anilines is 1. The predicted molar refractivity (Wildman–Crippen MR) is 53.7 cm³/mol. The molecular weight excluding hydrogens is 183 g/mol. The number of hydrogen-bond donors (Lipinski definition) is 1. The molecule has 76 valence electrons. The summed E-state index contributed by atoms with van der Waals surface area (Å²) in [6.45, 7) is 2.51. The molecule has 14 heavy (non-hydrogen) atoms. The Bertz CT molecular complexity index is 310. The van der Waals surface area contributed by atoms with Gasteiger partial charge in [0.1, 0.15) is 5.82 Å². The molecule has 3 nitrogen and oxygen atoms in total. The molecule has 1 N–H and O–H groups in total. The summed E-state index contributed by atoms with van der Waals surface area (Å²) in [5, 5.41) is 2.64. The van der Waals surface area contributed by atoms with Crippen LogP contribution < -0.4 is 5.32 Å². The van der Waals surface area contributed by atoms with Crippen molar-refractivity contribution in [1.82, 2.24) is 4.90 Å². The van der Waals surface area contributed by atoms with E-state index in [2.05, 4.69) is 5.32 Å². The topological polar surface area (TPSA) is 32.3 Å². The van der Waals surface area contributed by atoms with Crippen LogP contribution in [-0.4, -0.2) is 24.5 Å². The highest BCUT2D eigenvalue weighted by Gasteiger charge is 2.05. The van der Waals surface area contributed by atoms with Crippen LogP contribution in [0.4, 0.5) is 14.9 Å². The Hall–Kier alpha value is -1.58. The molecule has 2 amide bonds. The molecule has 0 atom stereocenters. The Labute approximate surface area is 82.5 Å². The van der Waals surface area contributed by atoms with Crippen LogP contribution in [0.5, 0.6) is 0 Å². The number of hydrogen-bond acceptors (Lipinski definition) is 1. The van der Waals surface area contributed by atoms with Crippen molar-refractivity contribution in [1.29, 1.82) is 0 Å². The number of amides is 2. The van der Waals surface area contributed by atoms with Crippen molar-refractivity contribution in [2.45, 2.75) is 6.92 Å². The summed E-state index contributed by atoms with van der Waals surface area (Å²) in [7, 11) is 1.69. The maximum atomic E-state index is 12.5. The number of nitrogens with zero attached hydrogens (tertiary/aromatic N) is 1. The molecule has 0 heterocycles. The Balaban J connectivity index is 2.60. The van der Waals surface area contributed by atoms with Crippen LogP contribution in [-0.2, 0) is 0 Å². The average molecular weight is 196 g/mol. The fourth-order valence-electron chi connectivity index (χ4n) is 0.896. The number of urea groups is 1. The first-order chi connectivity index (χ1) is 6.63. The van der Waals surface area contributed by atoms with E-state index in [0.29, 0.717) is 12.2 Å². The molecule has 1 aromatic rings. The first kappa shape index (κ1) is 10.5. The van der Waals surface area contributed by atoms with Crippen molar-refractivity contribution in [3.63, 3.8) is 0 Å². The Morgan fingerprint density at radius 3 is 2.50 bits per heavy atom. The lowest BCUT2D eigenvalue weighted by Gasteiger charge is -2.15. The van der Waals surface area contributed by atoms with E-state index < -0.39 is 0 Å². The second-order valence-corrected chi connectivity index (χ2v) is 2.95. The summed E-state index contributed by atoms with van der Waals surface area (Å²) in [5.74, 6) is -0.313. The van der Waals surface area contributed by atoms with Gasteiger partial charge in [-0.15, -0.1) is 0 Å². The number of nitrogens with one attached hydrogen (secondary N) is 1. The van der Waals surface area contributed by atoms with Gasteiger partial charge in [-0.1, -0.05) is 0 Å². The van der Waals surface area contributed by atoms with E-state index in [0.717, 1.165) is 0 Å². The Morgan fingerprint density at radius 1 is 1.43 bits per heavy atom. The fraction of sp³-hybridized carbons (Fsp3) is 0.300. The molecule has 0 fully saturated rings. The van der Waals surface area contributed by atoms with Gasteiger partial charge in [-0.25, -0.2) is 9.18 Å². The number of carbonyl (C=O) groups excluding carboxylic acids is 1. The second-order valence-electron chi connectivity index (χ2n) is 2.95. The minimum Gasteiger partial charge on any atom is -0.328 e. The molecule has 0 unspecified atom stereocenters. The molecule has 0 aliphatic carbocycles. The number of rotatable bonds is 2. The maximum absolute atomic E-state index is 12.5. The molecule has 0 aliphatic heterocycles. The molecule has 0 bridgehead atoms. The third kappa shape index (κ3) is 2.73. The molecule has 1 rings (SSSR count). The van der Waals surface area contributed by atoms with Crippen molar-refractivity contribution >= 4 is 11.7 Å². The van der Waals surface area contributed by atoms with E-state index in [-0.39, 0.29) is 11.8 Å². The van der Waals surface area contributed by atoms with Crippen LogP contribution in [0.2, 0.25) is 0 Å². The van der Waals surface area contributed by atoms with Crippen LogP contribution >= 0.6 is 0 Å². The lowest BCUT2D eigenvalue weighted by Crippen LogP contribution is -2.30. The zero-order chi connectivity index (χ0) is 10.6. The van der Waals surface area contributed by atoms with Crippen molar-refractivity contribution in [3.05, 3.63) is 30.1 Å². The van der Waals surface area contributed by atoms with Crippen molar-refractivity contribution in [2.75, 3.05) is 18.9 Å². The predicted octanol–water partition coefficient (Wildman–Crippen LogP) is 2.31. The average Bonchev–Trinajstić information content (AvgIpc) is 2.20. The molecule has 0 aromatic heterocycles. The standard InChI is InChI=1S/C10H13FN2O/c1-3-13(2)10(14)12-9-6-4-8(11)5-7-9/h4-7H,3H2,1-2H3,(H,12,14). The summed E-state index contributed by atoms with van der Waals surface area (Å²) in [4.78, 5) is 12.9. The fourth-order valence-corrected chi connectivity index (χ4v) is 0.896. The van der Waals surface area contributed by atoms with Gasteiger partial charge in [-0.2, -0.15) is 0 Å². The van der Waals surface area contributed by atoms with E-state index in [1.165, 1.54) is 29.2 Å².